The molecule has 1 aliphatic rings. The molecule has 0 radical (unpaired) electrons. The zero-order chi connectivity index (χ0) is 41.5. The molecule has 0 fully saturated rings. The smallest absolute Gasteiger partial charge is 0.248 e. The molecule has 0 spiro atoms. The molecular weight excluding hydrogens is 747 g/mol. The number of hydrogen-bond donors (Lipinski definition) is 2. The lowest BCUT2D eigenvalue weighted by atomic mass is 9.86. The minimum atomic E-state index is 0.0766. The van der Waals surface area contributed by atoms with Gasteiger partial charge in [-0.05, 0) is 112 Å². The van der Waals surface area contributed by atoms with Crippen LogP contribution in [0, 0.1) is 0 Å². The monoisotopic (exact) mass is 805 g/mol. The van der Waals surface area contributed by atoms with E-state index in [0.717, 1.165) is 52.8 Å². The quantitative estimate of drug-likeness (QED) is 0.0796. The van der Waals surface area contributed by atoms with E-state index in [1.807, 2.05) is 30.3 Å². The zero-order valence-corrected chi connectivity index (χ0v) is 35.9. The van der Waals surface area contributed by atoms with Crippen LogP contribution in [0.1, 0.15) is 108 Å². The summed E-state index contributed by atoms with van der Waals surface area (Å²) in [7, 11) is 0. The van der Waals surface area contributed by atoms with E-state index in [9.17, 15) is 0 Å². The van der Waals surface area contributed by atoms with Crippen molar-refractivity contribution in [3.63, 3.8) is 0 Å². The summed E-state index contributed by atoms with van der Waals surface area (Å²) in [5.74, 6) is 1.19. The number of rotatable bonds is 19. The Balaban J connectivity index is 1.10. The van der Waals surface area contributed by atoms with Crippen LogP contribution in [0.25, 0.3) is 78.1 Å². The molecule has 6 aromatic carbocycles. The number of unbranched alkanes of at least 4 members (excludes halogenated alkanes) is 9. The second-order valence-electron chi connectivity index (χ2n) is 17.1. The highest BCUT2D eigenvalue weighted by molar-refractivity contribution is 6.09. The van der Waals surface area contributed by atoms with E-state index in [1.165, 1.54) is 108 Å². The van der Waals surface area contributed by atoms with Gasteiger partial charge in [0.2, 0.25) is 11.8 Å². The molecule has 9 rings (SSSR count). The molecule has 2 aromatic heterocycles. The summed E-state index contributed by atoms with van der Waals surface area (Å²) in [5, 5.41) is 11.5. The standard InChI is InChI=1S/C55H59N5O/c1-3-5-7-9-11-20-32-57-60-51-27-19-18-24-45(51)49-37-40(29-31-52(49)60)42-33-41(34-43(35-42)55-59-58-54(61-55)38-21-13-12-14-22-38)39-28-30-47-48(36-39)44-23-16-17-25-46(44)53(47)50(56)26-15-10-8-6-4-2/h12-14,16-19,21-25,27-31,33-37,50,53,57H,3-11,15,20,26,32,56H2,1-2H3. The van der Waals surface area contributed by atoms with Crippen molar-refractivity contribution in [1.82, 2.24) is 14.9 Å². The molecule has 0 aliphatic heterocycles. The van der Waals surface area contributed by atoms with Gasteiger partial charge >= 0.3 is 0 Å². The minimum absolute atomic E-state index is 0.0766. The minimum Gasteiger partial charge on any atom is -0.416 e. The zero-order valence-electron chi connectivity index (χ0n) is 35.9. The maximum absolute atomic E-state index is 7.08. The summed E-state index contributed by atoms with van der Waals surface area (Å²) in [4.78, 5) is 0. The van der Waals surface area contributed by atoms with E-state index in [0.29, 0.717) is 11.8 Å². The number of hydrogen-bond acceptors (Lipinski definition) is 5. The molecule has 0 amide bonds. The number of benzene rings is 6. The van der Waals surface area contributed by atoms with Gasteiger partial charge in [-0.2, -0.15) is 0 Å². The van der Waals surface area contributed by atoms with Crippen molar-refractivity contribution in [2.45, 2.75) is 103 Å². The molecule has 8 aromatic rings. The van der Waals surface area contributed by atoms with E-state index >= 15 is 0 Å². The number of para-hydroxylation sites is 1. The molecule has 0 saturated heterocycles. The van der Waals surface area contributed by atoms with Crippen LogP contribution in [-0.2, 0) is 0 Å². The highest BCUT2D eigenvalue weighted by Crippen LogP contribution is 2.48. The maximum atomic E-state index is 7.08. The van der Waals surface area contributed by atoms with Crippen molar-refractivity contribution in [3.05, 3.63) is 145 Å². The molecule has 0 bridgehead atoms. The molecule has 6 heteroatoms. The van der Waals surface area contributed by atoms with Gasteiger partial charge in [0.25, 0.3) is 0 Å². The second-order valence-corrected chi connectivity index (χ2v) is 17.1. The van der Waals surface area contributed by atoms with Crippen LogP contribution in [0.4, 0.5) is 0 Å². The SMILES string of the molecule is CCCCCCCCNn1c2ccccc2c2cc(-c3cc(-c4ccc5c(c4)-c4ccccc4C5C(N)CCCCCCC)cc(-c4nnc(-c5ccccc5)o4)c3)ccc21. The van der Waals surface area contributed by atoms with Crippen LogP contribution < -0.4 is 11.2 Å². The number of fused-ring (bicyclic) bond motifs is 6. The average molecular weight is 806 g/mol. The van der Waals surface area contributed by atoms with Gasteiger partial charge in [0, 0.05) is 40.4 Å². The summed E-state index contributed by atoms with van der Waals surface area (Å²) in [6, 6.07) is 48.2. The Morgan fingerprint density at radius 2 is 1.13 bits per heavy atom. The van der Waals surface area contributed by atoms with Gasteiger partial charge in [-0.1, -0.05) is 157 Å². The molecular formula is C55H59N5O. The van der Waals surface area contributed by atoms with Crippen molar-refractivity contribution < 1.29 is 4.42 Å². The van der Waals surface area contributed by atoms with E-state index in [-0.39, 0.29) is 12.0 Å². The third-order valence-corrected chi connectivity index (χ3v) is 12.8. The molecule has 2 heterocycles. The first kappa shape index (κ1) is 40.4. The molecule has 310 valence electrons. The third kappa shape index (κ3) is 8.52. The fraction of sp³-hybridized carbons (Fsp3) is 0.309. The molecule has 2 unspecified atom stereocenters. The van der Waals surface area contributed by atoms with Crippen LogP contribution >= 0.6 is 0 Å². The van der Waals surface area contributed by atoms with E-state index in [1.54, 1.807) is 0 Å². The molecule has 2 atom stereocenters. The van der Waals surface area contributed by atoms with Gasteiger partial charge in [-0.15, -0.1) is 10.2 Å². The van der Waals surface area contributed by atoms with Gasteiger partial charge in [-0.3, -0.25) is 4.68 Å². The summed E-state index contributed by atoms with van der Waals surface area (Å²) in [6.07, 6.45) is 14.9. The van der Waals surface area contributed by atoms with E-state index in [2.05, 4.69) is 137 Å². The maximum Gasteiger partial charge on any atom is 0.248 e. The average Bonchev–Trinajstić information content (AvgIpc) is 4.02. The summed E-state index contributed by atoms with van der Waals surface area (Å²) in [6.45, 7) is 5.49. The Bertz CT molecular complexity index is 2730. The Morgan fingerprint density at radius 1 is 0.525 bits per heavy atom. The number of aromatic nitrogens is 3. The lowest BCUT2D eigenvalue weighted by Crippen LogP contribution is -2.28. The predicted octanol–water partition coefficient (Wildman–Crippen LogP) is 14.5. The third-order valence-electron chi connectivity index (χ3n) is 12.8. The van der Waals surface area contributed by atoms with Crippen LogP contribution in [0.2, 0.25) is 0 Å². The van der Waals surface area contributed by atoms with Crippen molar-refractivity contribution in [1.29, 1.82) is 0 Å². The van der Waals surface area contributed by atoms with Gasteiger partial charge < -0.3 is 15.6 Å². The number of nitrogens with two attached hydrogens (primary N) is 1. The first-order chi connectivity index (χ1) is 30.1. The van der Waals surface area contributed by atoms with Crippen LogP contribution in [0.3, 0.4) is 0 Å². The Hall–Kier alpha value is -5.98. The number of nitrogens with one attached hydrogen (secondary N) is 1. The van der Waals surface area contributed by atoms with Crippen LogP contribution in [0.5, 0.6) is 0 Å². The first-order valence-corrected chi connectivity index (χ1v) is 22.9. The normalized spacial score (nSPS) is 13.8. The van der Waals surface area contributed by atoms with E-state index in [4.69, 9.17) is 10.2 Å². The van der Waals surface area contributed by atoms with Crippen molar-refractivity contribution in [2.75, 3.05) is 12.0 Å². The topological polar surface area (TPSA) is 81.9 Å². The molecule has 61 heavy (non-hydrogen) atoms. The molecule has 0 saturated carbocycles. The van der Waals surface area contributed by atoms with Crippen molar-refractivity contribution in [2.24, 2.45) is 5.73 Å². The first-order valence-electron chi connectivity index (χ1n) is 22.9. The fourth-order valence-corrected chi connectivity index (χ4v) is 9.57. The van der Waals surface area contributed by atoms with Crippen molar-refractivity contribution >= 4 is 21.8 Å². The predicted molar refractivity (Wildman–Crippen MR) is 255 cm³/mol. The van der Waals surface area contributed by atoms with Gasteiger partial charge in [0.15, 0.2) is 0 Å². The fourth-order valence-electron chi connectivity index (χ4n) is 9.57. The molecule has 1 aliphatic carbocycles. The van der Waals surface area contributed by atoms with Crippen molar-refractivity contribution in [3.8, 4) is 56.3 Å². The largest absolute Gasteiger partial charge is 0.416 e. The lowest BCUT2D eigenvalue weighted by Gasteiger charge is -2.22. The van der Waals surface area contributed by atoms with Crippen LogP contribution in [-0.4, -0.2) is 27.5 Å². The summed E-state index contributed by atoms with van der Waals surface area (Å²) in [5.41, 5.74) is 24.7. The number of nitrogens with zero attached hydrogens (tertiary/aromatic N) is 3. The lowest BCUT2D eigenvalue weighted by molar-refractivity contribution is 0.508. The van der Waals surface area contributed by atoms with E-state index < -0.39 is 0 Å². The van der Waals surface area contributed by atoms with Crippen LogP contribution in [0.15, 0.2) is 138 Å². The van der Waals surface area contributed by atoms with Gasteiger partial charge in [-0.25, -0.2) is 0 Å². The summed E-state index contributed by atoms with van der Waals surface area (Å²) >= 11 is 0. The highest BCUT2D eigenvalue weighted by atomic mass is 16.4. The molecule has 3 N–H and O–H groups in total. The Labute approximate surface area is 361 Å². The van der Waals surface area contributed by atoms with Gasteiger partial charge in [0.05, 0.1) is 11.0 Å². The Kier molecular flexibility index (Phi) is 12.4. The highest BCUT2D eigenvalue weighted by Gasteiger charge is 2.32. The second kappa shape index (κ2) is 18.7. The van der Waals surface area contributed by atoms with Gasteiger partial charge in [0.1, 0.15) is 0 Å². The molecule has 6 nitrogen and oxygen atoms in total. The Morgan fingerprint density at radius 3 is 1.93 bits per heavy atom. The summed E-state index contributed by atoms with van der Waals surface area (Å²) < 4.78 is 8.70.